The summed E-state index contributed by atoms with van der Waals surface area (Å²) in [7, 11) is 3.96. The summed E-state index contributed by atoms with van der Waals surface area (Å²) in [4.78, 5) is 22.5. The van der Waals surface area contributed by atoms with Crippen molar-refractivity contribution < 1.29 is 23.7 Å². The third kappa shape index (κ3) is 6.93. The van der Waals surface area contributed by atoms with E-state index in [0.29, 0.717) is 73.2 Å². The van der Waals surface area contributed by atoms with Gasteiger partial charge in [0.15, 0.2) is 16.6 Å². The molecule has 0 aliphatic carbocycles. The first-order valence-electron chi connectivity index (χ1n) is 12.0. The van der Waals surface area contributed by atoms with Crippen molar-refractivity contribution in [2.24, 2.45) is 0 Å². The lowest BCUT2D eigenvalue weighted by Crippen LogP contribution is -2.36. The molecule has 0 spiro atoms. The van der Waals surface area contributed by atoms with Gasteiger partial charge in [-0.3, -0.25) is 9.69 Å². The van der Waals surface area contributed by atoms with Crippen molar-refractivity contribution in [1.82, 2.24) is 9.88 Å². The molecule has 198 valence electrons. The molecule has 36 heavy (non-hydrogen) atoms. The molecule has 0 N–H and O–H groups in total. The van der Waals surface area contributed by atoms with Crippen LogP contribution in [0.4, 0.5) is 5.13 Å². The van der Waals surface area contributed by atoms with Crippen LogP contribution in [0, 0.1) is 0 Å². The second-order valence-corrected chi connectivity index (χ2v) is 8.90. The zero-order valence-corrected chi connectivity index (χ0v) is 23.5. The lowest BCUT2D eigenvalue weighted by atomic mass is 10.1. The maximum absolute atomic E-state index is 13.9. The van der Waals surface area contributed by atoms with Crippen LogP contribution in [0.25, 0.3) is 10.2 Å². The number of fused-ring (bicyclic) bond motifs is 1. The molecule has 0 fully saturated rings. The van der Waals surface area contributed by atoms with E-state index in [-0.39, 0.29) is 18.3 Å². The molecule has 10 heteroatoms. The fourth-order valence-corrected chi connectivity index (χ4v) is 4.56. The van der Waals surface area contributed by atoms with Crippen molar-refractivity contribution in [3.63, 3.8) is 0 Å². The molecule has 1 aromatic heterocycles. The summed E-state index contributed by atoms with van der Waals surface area (Å²) in [6.07, 6.45) is 0. The molecule has 0 aliphatic rings. The van der Waals surface area contributed by atoms with E-state index in [4.69, 9.17) is 23.9 Å². The first kappa shape index (κ1) is 29.5. The Morgan fingerprint density at radius 3 is 2.00 bits per heavy atom. The summed E-state index contributed by atoms with van der Waals surface area (Å²) in [6.45, 7) is 10.6. The Morgan fingerprint density at radius 2 is 1.44 bits per heavy atom. The van der Waals surface area contributed by atoms with Crippen LogP contribution in [-0.2, 0) is 0 Å². The van der Waals surface area contributed by atoms with Crippen LogP contribution in [-0.4, -0.2) is 69.4 Å². The molecule has 0 saturated carbocycles. The predicted molar refractivity (Wildman–Crippen MR) is 148 cm³/mol. The van der Waals surface area contributed by atoms with Gasteiger partial charge in [0.2, 0.25) is 5.75 Å². The number of hydrogen-bond acceptors (Lipinski definition) is 8. The average molecular weight is 538 g/mol. The van der Waals surface area contributed by atoms with Gasteiger partial charge in [-0.25, -0.2) is 4.98 Å². The van der Waals surface area contributed by atoms with Gasteiger partial charge in [-0.15, -0.1) is 12.4 Å². The maximum atomic E-state index is 13.9. The molecule has 1 amide bonds. The van der Waals surface area contributed by atoms with E-state index in [0.717, 1.165) is 10.2 Å². The van der Waals surface area contributed by atoms with Crippen molar-refractivity contribution in [3.8, 4) is 23.0 Å². The van der Waals surface area contributed by atoms with E-state index in [9.17, 15) is 4.79 Å². The van der Waals surface area contributed by atoms with E-state index in [2.05, 4.69) is 0 Å². The standard InChI is InChI=1S/C26H35N3O5S.ClH/c1-7-31-19-12-11-13-22-23(19)27-26(35-22)29(15-14-28(5)6)25(30)18-16-20(32-8-2)24(34-10-4)21(17-18)33-9-3;/h11-13,16-17H,7-10,14-15H2,1-6H3;1H. The van der Waals surface area contributed by atoms with E-state index in [1.54, 1.807) is 17.0 Å². The van der Waals surface area contributed by atoms with Crippen molar-refractivity contribution in [2.45, 2.75) is 27.7 Å². The number of para-hydroxylation sites is 1. The van der Waals surface area contributed by atoms with Gasteiger partial charge in [0.1, 0.15) is 11.3 Å². The Hall–Kier alpha value is -2.75. The SMILES string of the molecule is CCOc1cc(C(=O)N(CCN(C)C)c2nc3c(OCC)cccc3s2)cc(OCC)c1OCC.Cl. The predicted octanol–water partition coefficient (Wildman–Crippen LogP) is 5.52. The smallest absolute Gasteiger partial charge is 0.260 e. The zero-order chi connectivity index (χ0) is 25.4. The van der Waals surface area contributed by atoms with E-state index >= 15 is 0 Å². The average Bonchev–Trinajstić information content (AvgIpc) is 3.26. The number of likely N-dealkylation sites (N-methyl/N-ethyl adjacent to an activating group) is 1. The van der Waals surface area contributed by atoms with E-state index in [1.165, 1.54) is 11.3 Å². The molecule has 3 aromatic rings. The molecule has 2 aromatic carbocycles. The van der Waals surface area contributed by atoms with E-state index in [1.807, 2.05) is 64.9 Å². The second kappa shape index (κ2) is 14.1. The lowest BCUT2D eigenvalue weighted by molar-refractivity contribution is 0.0984. The van der Waals surface area contributed by atoms with Gasteiger partial charge in [-0.1, -0.05) is 17.4 Å². The number of rotatable bonds is 13. The molecular formula is C26H36ClN3O5S. The Balaban J connectivity index is 0.00000456. The lowest BCUT2D eigenvalue weighted by Gasteiger charge is -2.23. The molecule has 0 bridgehead atoms. The highest BCUT2D eigenvalue weighted by molar-refractivity contribution is 7.22. The van der Waals surface area contributed by atoms with Gasteiger partial charge in [-0.05, 0) is 66.1 Å². The highest BCUT2D eigenvalue weighted by Gasteiger charge is 2.25. The Labute approximate surface area is 223 Å². The molecule has 0 radical (unpaired) electrons. The van der Waals surface area contributed by atoms with Crippen LogP contribution in [0.2, 0.25) is 0 Å². The third-order valence-corrected chi connectivity index (χ3v) is 6.12. The first-order valence-corrected chi connectivity index (χ1v) is 12.8. The van der Waals surface area contributed by atoms with Crippen LogP contribution in [0.3, 0.4) is 0 Å². The van der Waals surface area contributed by atoms with Gasteiger partial charge in [-0.2, -0.15) is 0 Å². The monoisotopic (exact) mass is 537 g/mol. The minimum Gasteiger partial charge on any atom is -0.492 e. The summed E-state index contributed by atoms with van der Waals surface area (Å²) >= 11 is 1.47. The topological polar surface area (TPSA) is 73.4 Å². The van der Waals surface area contributed by atoms with Gasteiger partial charge in [0.05, 0.1) is 31.1 Å². The second-order valence-electron chi connectivity index (χ2n) is 7.89. The summed E-state index contributed by atoms with van der Waals surface area (Å²) in [5, 5.41) is 0.615. The highest BCUT2D eigenvalue weighted by atomic mass is 35.5. The quantitative estimate of drug-likeness (QED) is 0.284. The molecule has 1 heterocycles. The molecule has 3 rings (SSSR count). The van der Waals surface area contributed by atoms with Gasteiger partial charge in [0, 0.05) is 18.7 Å². The molecule has 0 aliphatic heterocycles. The van der Waals surface area contributed by atoms with Crippen LogP contribution in [0.5, 0.6) is 23.0 Å². The van der Waals surface area contributed by atoms with Crippen molar-refractivity contribution in [2.75, 3.05) is 58.5 Å². The number of thiazole rings is 1. The Morgan fingerprint density at radius 1 is 0.861 bits per heavy atom. The number of aromatic nitrogens is 1. The minimum absolute atomic E-state index is 0. The van der Waals surface area contributed by atoms with Crippen LogP contribution in [0.1, 0.15) is 38.1 Å². The van der Waals surface area contributed by atoms with Gasteiger partial charge >= 0.3 is 0 Å². The zero-order valence-electron chi connectivity index (χ0n) is 21.8. The fraction of sp³-hybridized carbons (Fsp3) is 0.462. The molecule has 0 atom stereocenters. The Kier molecular flexibility index (Phi) is 11.6. The normalized spacial score (nSPS) is 10.8. The maximum Gasteiger partial charge on any atom is 0.260 e. The number of amides is 1. The summed E-state index contributed by atoms with van der Waals surface area (Å²) in [5.41, 5.74) is 1.21. The number of carbonyl (C=O) groups is 1. The molecular weight excluding hydrogens is 502 g/mol. The summed E-state index contributed by atoms with van der Waals surface area (Å²) in [5.74, 6) is 2.01. The number of carbonyl (C=O) groups excluding carboxylic acids is 1. The number of hydrogen-bond donors (Lipinski definition) is 0. The van der Waals surface area contributed by atoms with Crippen molar-refractivity contribution >= 4 is 45.0 Å². The van der Waals surface area contributed by atoms with Gasteiger partial charge in [0.25, 0.3) is 5.91 Å². The number of benzene rings is 2. The van der Waals surface area contributed by atoms with Crippen LogP contribution in [0.15, 0.2) is 30.3 Å². The van der Waals surface area contributed by atoms with E-state index < -0.39 is 0 Å². The third-order valence-electron chi connectivity index (χ3n) is 5.07. The van der Waals surface area contributed by atoms with Crippen molar-refractivity contribution in [3.05, 3.63) is 35.9 Å². The van der Waals surface area contributed by atoms with Gasteiger partial charge < -0.3 is 23.8 Å². The van der Waals surface area contributed by atoms with Crippen LogP contribution < -0.4 is 23.8 Å². The Bertz CT molecular complexity index is 1110. The first-order chi connectivity index (χ1) is 16.9. The number of ether oxygens (including phenoxy) is 4. The molecule has 8 nitrogen and oxygen atoms in total. The number of halogens is 1. The molecule has 0 unspecified atom stereocenters. The number of anilines is 1. The summed E-state index contributed by atoms with van der Waals surface area (Å²) in [6, 6.07) is 9.28. The fourth-order valence-electron chi connectivity index (χ4n) is 3.55. The minimum atomic E-state index is -0.186. The molecule has 0 saturated heterocycles. The number of nitrogens with zero attached hydrogens (tertiary/aromatic N) is 3. The van der Waals surface area contributed by atoms with Crippen molar-refractivity contribution in [1.29, 1.82) is 0 Å². The highest BCUT2D eigenvalue weighted by Crippen LogP contribution is 2.40. The van der Waals surface area contributed by atoms with Crippen LogP contribution >= 0.6 is 23.7 Å². The summed E-state index contributed by atoms with van der Waals surface area (Å²) < 4.78 is 24.2. The largest absolute Gasteiger partial charge is 0.492 e.